The maximum Gasteiger partial charge on any atom is 0.254 e. The van der Waals surface area contributed by atoms with Gasteiger partial charge in [-0.05, 0) is 24.3 Å². The lowest BCUT2D eigenvalue weighted by molar-refractivity contribution is -0.116. The quantitative estimate of drug-likeness (QED) is 0.857. The van der Waals surface area contributed by atoms with Crippen LogP contribution in [-0.4, -0.2) is 23.0 Å². The molecule has 100 valence electrons. The van der Waals surface area contributed by atoms with Crippen LogP contribution < -0.4 is 5.32 Å². The van der Waals surface area contributed by atoms with Crippen molar-refractivity contribution in [2.45, 2.75) is 12.3 Å². The number of aliphatic hydroxyl groups excluding tert-OH is 1. The first-order chi connectivity index (χ1) is 9.75. The summed E-state index contributed by atoms with van der Waals surface area (Å²) < 4.78 is 10.6. The highest BCUT2D eigenvalue weighted by Crippen LogP contribution is 2.38. The Morgan fingerprint density at radius 1 is 1.20 bits per heavy atom. The van der Waals surface area contributed by atoms with E-state index in [4.69, 9.17) is 8.83 Å². The van der Waals surface area contributed by atoms with E-state index in [1.54, 1.807) is 24.3 Å². The number of hydrogen-bond donors (Lipinski definition) is 2. The number of amides is 1. The Balaban J connectivity index is 1.83. The van der Waals surface area contributed by atoms with Crippen molar-refractivity contribution in [2.24, 2.45) is 4.99 Å². The predicted octanol–water partition coefficient (Wildman–Crippen LogP) is 1.16. The van der Waals surface area contributed by atoms with Crippen LogP contribution in [0.1, 0.15) is 17.6 Å². The first-order valence-electron chi connectivity index (χ1n) is 6.14. The van der Waals surface area contributed by atoms with Crippen molar-refractivity contribution >= 4 is 11.6 Å². The third-order valence-corrected chi connectivity index (χ3v) is 3.45. The summed E-state index contributed by atoms with van der Waals surface area (Å²) in [5, 5.41) is 12.9. The SMILES string of the molecule is O=C1NC(c2ccco2)C2=C1C(c1ccco1)=NC2O. The van der Waals surface area contributed by atoms with Crippen molar-refractivity contribution in [3.8, 4) is 0 Å². The molecule has 0 spiro atoms. The van der Waals surface area contributed by atoms with Gasteiger partial charge in [0.25, 0.3) is 5.91 Å². The molecule has 2 unspecified atom stereocenters. The lowest BCUT2D eigenvalue weighted by atomic mass is 10.0. The molecule has 0 aromatic carbocycles. The highest BCUT2D eigenvalue weighted by atomic mass is 16.3. The van der Waals surface area contributed by atoms with E-state index in [2.05, 4.69) is 10.3 Å². The van der Waals surface area contributed by atoms with Gasteiger partial charge in [0, 0.05) is 5.57 Å². The molecule has 0 bridgehead atoms. The van der Waals surface area contributed by atoms with Gasteiger partial charge < -0.3 is 19.3 Å². The molecule has 0 aliphatic carbocycles. The third-order valence-electron chi connectivity index (χ3n) is 3.45. The highest BCUT2D eigenvalue weighted by Gasteiger charge is 2.44. The van der Waals surface area contributed by atoms with E-state index >= 15 is 0 Å². The molecule has 1 amide bonds. The lowest BCUT2D eigenvalue weighted by Crippen LogP contribution is -2.26. The molecule has 6 nitrogen and oxygen atoms in total. The number of aliphatic imine (C=N–C) groups is 1. The van der Waals surface area contributed by atoms with Gasteiger partial charge in [-0.2, -0.15) is 0 Å². The van der Waals surface area contributed by atoms with Crippen molar-refractivity contribution in [2.75, 3.05) is 0 Å². The number of nitrogens with one attached hydrogen (secondary N) is 1. The molecule has 20 heavy (non-hydrogen) atoms. The summed E-state index contributed by atoms with van der Waals surface area (Å²) in [6.07, 6.45) is 1.95. The van der Waals surface area contributed by atoms with Gasteiger partial charge in [0.2, 0.25) is 0 Å². The molecule has 4 heterocycles. The van der Waals surface area contributed by atoms with Crippen LogP contribution >= 0.6 is 0 Å². The molecule has 2 N–H and O–H groups in total. The first-order valence-corrected chi connectivity index (χ1v) is 6.14. The van der Waals surface area contributed by atoms with Gasteiger partial charge in [0.15, 0.2) is 12.0 Å². The van der Waals surface area contributed by atoms with Crippen LogP contribution in [0.15, 0.2) is 61.8 Å². The minimum absolute atomic E-state index is 0.284. The zero-order valence-electron chi connectivity index (χ0n) is 10.2. The van der Waals surface area contributed by atoms with Gasteiger partial charge in [-0.25, -0.2) is 4.99 Å². The van der Waals surface area contributed by atoms with Crippen molar-refractivity contribution in [1.29, 1.82) is 0 Å². The van der Waals surface area contributed by atoms with E-state index in [1.807, 2.05) is 0 Å². The summed E-state index contributed by atoms with van der Waals surface area (Å²) in [5.74, 6) is 0.746. The van der Waals surface area contributed by atoms with Crippen molar-refractivity contribution in [3.63, 3.8) is 0 Å². The number of nitrogens with zero attached hydrogens (tertiary/aromatic N) is 1. The first kappa shape index (κ1) is 11.2. The van der Waals surface area contributed by atoms with Crippen LogP contribution in [0, 0.1) is 0 Å². The summed E-state index contributed by atoms with van der Waals surface area (Å²) in [6, 6.07) is 6.40. The second kappa shape index (κ2) is 3.94. The van der Waals surface area contributed by atoms with Crippen LogP contribution in [0.2, 0.25) is 0 Å². The Kier molecular flexibility index (Phi) is 2.22. The average Bonchev–Trinajstić information content (AvgIpc) is 3.17. The number of hydrogen-bond acceptors (Lipinski definition) is 5. The summed E-state index contributed by atoms with van der Waals surface area (Å²) in [5.41, 5.74) is 1.26. The molecule has 2 atom stereocenters. The lowest BCUT2D eigenvalue weighted by Gasteiger charge is -2.13. The smallest absolute Gasteiger partial charge is 0.254 e. The largest absolute Gasteiger partial charge is 0.467 e. The molecular weight excluding hydrogens is 260 g/mol. The van der Waals surface area contributed by atoms with E-state index < -0.39 is 12.3 Å². The molecule has 4 rings (SSSR count). The second-order valence-corrected chi connectivity index (χ2v) is 4.58. The van der Waals surface area contributed by atoms with E-state index in [1.165, 1.54) is 12.5 Å². The summed E-state index contributed by atoms with van der Waals surface area (Å²) >= 11 is 0. The summed E-state index contributed by atoms with van der Waals surface area (Å²) in [4.78, 5) is 16.3. The molecule has 0 saturated heterocycles. The maximum atomic E-state index is 12.2. The van der Waals surface area contributed by atoms with Gasteiger partial charge >= 0.3 is 0 Å². The van der Waals surface area contributed by atoms with E-state index in [0.717, 1.165) is 0 Å². The number of rotatable bonds is 2. The second-order valence-electron chi connectivity index (χ2n) is 4.58. The molecule has 0 fully saturated rings. The van der Waals surface area contributed by atoms with Crippen LogP contribution in [-0.2, 0) is 4.79 Å². The molecule has 2 aromatic heterocycles. The predicted molar refractivity (Wildman–Crippen MR) is 67.9 cm³/mol. The minimum atomic E-state index is -1.07. The monoisotopic (exact) mass is 270 g/mol. The van der Waals surface area contributed by atoms with E-state index in [9.17, 15) is 9.90 Å². The Labute approximate surface area is 113 Å². The fraction of sp³-hybridized carbons (Fsp3) is 0.143. The van der Waals surface area contributed by atoms with E-state index in [0.29, 0.717) is 28.4 Å². The zero-order chi connectivity index (χ0) is 13.7. The van der Waals surface area contributed by atoms with Crippen molar-refractivity contribution in [1.82, 2.24) is 5.32 Å². The van der Waals surface area contributed by atoms with Crippen LogP contribution in [0.5, 0.6) is 0 Å². The molecule has 0 saturated carbocycles. The number of aliphatic hydroxyl groups is 1. The number of carbonyl (C=O) groups excluding carboxylic acids is 1. The Morgan fingerprint density at radius 3 is 2.70 bits per heavy atom. The van der Waals surface area contributed by atoms with E-state index in [-0.39, 0.29) is 5.91 Å². The topological polar surface area (TPSA) is 88.0 Å². The number of furan rings is 2. The van der Waals surface area contributed by atoms with Gasteiger partial charge in [0.1, 0.15) is 17.5 Å². The fourth-order valence-corrected chi connectivity index (χ4v) is 2.62. The standard InChI is InChI=1S/C14H10N2O4/c17-13-9-10(12(16-13)8-4-2-6-20-8)14(18)15-11(9)7-3-1-5-19-7/h1-6,11,13,17H,(H,15,18). The van der Waals surface area contributed by atoms with Crippen LogP contribution in [0.3, 0.4) is 0 Å². The van der Waals surface area contributed by atoms with Crippen LogP contribution in [0.4, 0.5) is 0 Å². The van der Waals surface area contributed by atoms with Gasteiger partial charge in [-0.15, -0.1) is 0 Å². The molecule has 6 heteroatoms. The number of carbonyl (C=O) groups is 1. The molecule has 2 aliphatic heterocycles. The Bertz CT molecular complexity index is 725. The summed E-state index contributed by atoms with van der Waals surface area (Å²) in [7, 11) is 0. The fourth-order valence-electron chi connectivity index (χ4n) is 2.62. The molecule has 2 aliphatic rings. The summed E-state index contributed by atoms with van der Waals surface area (Å²) in [6.45, 7) is 0. The van der Waals surface area contributed by atoms with Crippen molar-refractivity contribution < 1.29 is 18.7 Å². The average molecular weight is 270 g/mol. The zero-order valence-corrected chi connectivity index (χ0v) is 10.2. The highest BCUT2D eigenvalue weighted by molar-refractivity contribution is 6.30. The van der Waals surface area contributed by atoms with Crippen LogP contribution in [0.25, 0.3) is 0 Å². The molecule has 0 radical (unpaired) electrons. The Morgan fingerprint density at radius 2 is 2.00 bits per heavy atom. The van der Waals surface area contributed by atoms with Crippen molar-refractivity contribution in [3.05, 3.63) is 59.5 Å². The third kappa shape index (κ3) is 1.42. The molecule has 2 aromatic rings. The molecular formula is C14H10N2O4. The minimum Gasteiger partial charge on any atom is -0.467 e. The van der Waals surface area contributed by atoms with Gasteiger partial charge in [-0.1, -0.05) is 0 Å². The maximum absolute atomic E-state index is 12.2. The van der Waals surface area contributed by atoms with Gasteiger partial charge in [0.05, 0.1) is 18.1 Å². The van der Waals surface area contributed by atoms with Gasteiger partial charge in [-0.3, -0.25) is 4.79 Å². The normalized spacial score (nSPS) is 24.9. The Hall–Kier alpha value is -2.60.